The van der Waals surface area contributed by atoms with E-state index in [0.717, 1.165) is 38.5 Å². The van der Waals surface area contributed by atoms with E-state index in [1.165, 1.54) is 0 Å². The van der Waals surface area contributed by atoms with Crippen LogP contribution in [0, 0.1) is 0 Å². The minimum Gasteiger partial charge on any atom is -0.328 e. The van der Waals surface area contributed by atoms with Gasteiger partial charge in [0.15, 0.2) is 0 Å². The van der Waals surface area contributed by atoms with Crippen molar-refractivity contribution in [2.24, 2.45) is 0 Å². The molecule has 0 radical (unpaired) electrons. The fraction of sp³-hybridized carbons (Fsp3) is 0.714. The molecule has 96 valence electrons. The van der Waals surface area contributed by atoms with Crippen LogP contribution in [0.1, 0.15) is 45.4 Å². The van der Waals surface area contributed by atoms with Gasteiger partial charge in [-0.05, 0) is 45.4 Å². The Morgan fingerprint density at radius 2 is 1.59 bits per heavy atom. The third-order valence-corrected chi connectivity index (χ3v) is 7.47. The standard InChI is InChI=1S/C14H23O2P/c1-2-16-17(15,13-9-5-3-6-10-13)14-11-7-4-8-12-14/h3-5,7,13-14H,2,6,8-12H2,1H3. The van der Waals surface area contributed by atoms with Crippen LogP contribution in [0.4, 0.5) is 0 Å². The average molecular weight is 254 g/mol. The lowest BCUT2D eigenvalue weighted by molar-refractivity contribution is 0.311. The van der Waals surface area contributed by atoms with Crippen molar-refractivity contribution in [3.05, 3.63) is 24.3 Å². The molecular formula is C14H23O2P. The van der Waals surface area contributed by atoms with E-state index in [-0.39, 0.29) is 11.3 Å². The molecule has 2 unspecified atom stereocenters. The first-order chi connectivity index (χ1) is 8.27. The number of hydrogen-bond donors (Lipinski definition) is 0. The van der Waals surface area contributed by atoms with Gasteiger partial charge in [-0.3, -0.25) is 4.57 Å². The lowest BCUT2D eigenvalue weighted by atomic mass is 10.1. The van der Waals surface area contributed by atoms with Crippen LogP contribution in [-0.4, -0.2) is 17.9 Å². The van der Waals surface area contributed by atoms with Gasteiger partial charge in [0.1, 0.15) is 0 Å². The maximum absolute atomic E-state index is 13.2. The highest BCUT2D eigenvalue weighted by Crippen LogP contribution is 2.62. The van der Waals surface area contributed by atoms with Gasteiger partial charge in [-0.1, -0.05) is 24.3 Å². The average Bonchev–Trinajstić information content (AvgIpc) is 2.41. The Morgan fingerprint density at radius 1 is 1.06 bits per heavy atom. The molecule has 0 heterocycles. The highest BCUT2D eigenvalue weighted by Gasteiger charge is 2.40. The van der Waals surface area contributed by atoms with E-state index in [2.05, 4.69) is 24.3 Å². The second-order valence-corrected chi connectivity index (χ2v) is 7.95. The first-order valence-corrected chi connectivity index (χ1v) is 8.57. The van der Waals surface area contributed by atoms with Crippen molar-refractivity contribution < 1.29 is 9.09 Å². The van der Waals surface area contributed by atoms with Crippen molar-refractivity contribution in [2.45, 2.75) is 56.8 Å². The SMILES string of the molecule is CCOP(=O)(C1CC=CCC1)C1CC=CCC1. The fourth-order valence-corrected chi connectivity index (χ4v) is 6.19. The molecule has 0 aromatic rings. The monoisotopic (exact) mass is 254 g/mol. The zero-order valence-electron chi connectivity index (χ0n) is 10.7. The lowest BCUT2D eigenvalue weighted by Crippen LogP contribution is -2.22. The summed E-state index contributed by atoms with van der Waals surface area (Å²) in [7, 11) is -2.47. The summed E-state index contributed by atoms with van der Waals surface area (Å²) in [6, 6.07) is 0. The number of hydrogen-bond acceptors (Lipinski definition) is 2. The van der Waals surface area contributed by atoms with E-state index < -0.39 is 7.37 Å². The molecule has 2 aliphatic carbocycles. The molecule has 0 saturated heterocycles. The largest absolute Gasteiger partial charge is 0.328 e. The Morgan fingerprint density at radius 3 is 1.94 bits per heavy atom. The van der Waals surface area contributed by atoms with Crippen molar-refractivity contribution in [1.29, 1.82) is 0 Å². The topological polar surface area (TPSA) is 26.3 Å². The van der Waals surface area contributed by atoms with Crippen LogP contribution < -0.4 is 0 Å². The lowest BCUT2D eigenvalue weighted by Gasteiger charge is -2.34. The molecule has 2 rings (SSSR count). The summed E-state index contributed by atoms with van der Waals surface area (Å²) in [4.78, 5) is 0. The predicted octanol–water partition coefficient (Wildman–Crippen LogP) is 4.52. The maximum Gasteiger partial charge on any atom is 0.209 e. The van der Waals surface area contributed by atoms with Crippen LogP contribution in [-0.2, 0) is 9.09 Å². The number of allylic oxidation sites excluding steroid dienone is 4. The van der Waals surface area contributed by atoms with Gasteiger partial charge in [-0.15, -0.1) is 0 Å². The van der Waals surface area contributed by atoms with Gasteiger partial charge in [-0.25, -0.2) is 0 Å². The molecule has 0 amide bonds. The van der Waals surface area contributed by atoms with Crippen LogP contribution in [0.3, 0.4) is 0 Å². The van der Waals surface area contributed by atoms with Crippen molar-refractivity contribution in [1.82, 2.24) is 0 Å². The molecule has 0 fully saturated rings. The summed E-state index contributed by atoms with van der Waals surface area (Å²) in [6.07, 6.45) is 14.8. The second-order valence-electron chi connectivity index (χ2n) is 4.94. The quantitative estimate of drug-likeness (QED) is 0.544. The molecule has 0 spiro atoms. The van der Waals surface area contributed by atoms with Gasteiger partial charge in [0, 0.05) is 11.3 Å². The predicted molar refractivity (Wildman–Crippen MR) is 72.8 cm³/mol. The minimum atomic E-state index is -2.47. The highest BCUT2D eigenvalue weighted by atomic mass is 31.2. The van der Waals surface area contributed by atoms with Crippen LogP contribution >= 0.6 is 7.37 Å². The fourth-order valence-electron chi connectivity index (χ4n) is 2.92. The van der Waals surface area contributed by atoms with Crippen LogP contribution in [0.2, 0.25) is 0 Å². The van der Waals surface area contributed by atoms with E-state index in [9.17, 15) is 4.57 Å². The van der Waals surface area contributed by atoms with Gasteiger partial charge in [0.05, 0.1) is 6.61 Å². The van der Waals surface area contributed by atoms with Crippen LogP contribution in [0.5, 0.6) is 0 Å². The molecule has 0 aromatic heterocycles. The summed E-state index contributed by atoms with van der Waals surface area (Å²) < 4.78 is 19.0. The van der Waals surface area contributed by atoms with E-state index in [4.69, 9.17) is 4.52 Å². The zero-order chi connectivity index (χ0) is 12.1. The summed E-state index contributed by atoms with van der Waals surface area (Å²) in [5.74, 6) is 0. The maximum atomic E-state index is 13.2. The normalized spacial score (nSPS) is 32.3. The first kappa shape index (κ1) is 13.1. The molecule has 2 aliphatic rings. The molecule has 0 aliphatic heterocycles. The van der Waals surface area contributed by atoms with Crippen molar-refractivity contribution in [3.63, 3.8) is 0 Å². The summed E-state index contributed by atoms with van der Waals surface area (Å²) in [6.45, 7) is 2.54. The van der Waals surface area contributed by atoms with Gasteiger partial charge in [-0.2, -0.15) is 0 Å². The second kappa shape index (κ2) is 6.02. The summed E-state index contributed by atoms with van der Waals surface area (Å²) >= 11 is 0. The van der Waals surface area contributed by atoms with Gasteiger partial charge < -0.3 is 4.52 Å². The molecule has 0 bridgehead atoms. The molecular weight excluding hydrogens is 231 g/mol. The van der Waals surface area contributed by atoms with Crippen LogP contribution in [0.25, 0.3) is 0 Å². The van der Waals surface area contributed by atoms with E-state index in [1.807, 2.05) is 6.92 Å². The summed E-state index contributed by atoms with van der Waals surface area (Å²) in [5.41, 5.74) is 0.535. The Hall–Kier alpha value is -0.330. The smallest absolute Gasteiger partial charge is 0.209 e. The molecule has 2 atom stereocenters. The van der Waals surface area contributed by atoms with E-state index in [0.29, 0.717) is 6.61 Å². The zero-order valence-corrected chi connectivity index (χ0v) is 11.6. The Kier molecular flexibility index (Phi) is 4.64. The van der Waals surface area contributed by atoms with Crippen molar-refractivity contribution in [2.75, 3.05) is 6.61 Å². The third-order valence-electron chi connectivity index (χ3n) is 3.83. The van der Waals surface area contributed by atoms with Gasteiger partial charge in [0.2, 0.25) is 7.37 Å². The molecule has 2 nitrogen and oxygen atoms in total. The number of rotatable bonds is 4. The van der Waals surface area contributed by atoms with Crippen LogP contribution in [0.15, 0.2) is 24.3 Å². The van der Waals surface area contributed by atoms with E-state index >= 15 is 0 Å². The molecule has 0 N–H and O–H groups in total. The Balaban J connectivity index is 2.15. The Bertz CT molecular complexity index is 318. The molecule has 0 saturated carbocycles. The van der Waals surface area contributed by atoms with Crippen molar-refractivity contribution >= 4 is 7.37 Å². The molecule has 3 heteroatoms. The minimum absolute atomic E-state index is 0.268. The highest BCUT2D eigenvalue weighted by molar-refractivity contribution is 7.60. The van der Waals surface area contributed by atoms with Crippen molar-refractivity contribution in [3.8, 4) is 0 Å². The first-order valence-electron chi connectivity index (χ1n) is 6.81. The molecule has 0 aromatic carbocycles. The van der Waals surface area contributed by atoms with Gasteiger partial charge in [0.25, 0.3) is 0 Å². The van der Waals surface area contributed by atoms with Gasteiger partial charge >= 0.3 is 0 Å². The third kappa shape index (κ3) is 2.92. The Labute approximate surface area is 105 Å². The summed E-state index contributed by atoms with van der Waals surface area (Å²) in [5, 5.41) is 0. The molecule has 17 heavy (non-hydrogen) atoms. The van der Waals surface area contributed by atoms with E-state index in [1.54, 1.807) is 0 Å².